The standard InChI is InChI=1S/C17H21NS/c1-12(2)13-10-14(11-13)18-16-7-4-3-6-15(16)17-8-5-9-19-17/h3-9,12-14,18H,10-11H2,1-2H3. The van der Waals surface area contributed by atoms with E-state index in [0.29, 0.717) is 6.04 Å². The Kier molecular flexibility index (Phi) is 3.61. The van der Waals surface area contributed by atoms with Crippen molar-refractivity contribution in [1.29, 1.82) is 0 Å². The molecule has 1 N–H and O–H groups in total. The smallest absolute Gasteiger partial charge is 0.0430 e. The number of benzene rings is 1. The molecule has 1 aromatic heterocycles. The lowest BCUT2D eigenvalue weighted by Gasteiger charge is -2.39. The number of anilines is 1. The van der Waals surface area contributed by atoms with Gasteiger partial charge in [0.2, 0.25) is 0 Å². The van der Waals surface area contributed by atoms with Crippen molar-refractivity contribution in [3.05, 3.63) is 41.8 Å². The molecule has 0 unspecified atom stereocenters. The zero-order valence-corrected chi connectivity index (χ0v) is 12.4. The zero-order valence-electron chi connectivity index (χ0n) is 11.6. The van der Waals surface area contributed by atoms with Crippen LogP contribution in [0.25, 0.3) is 10.4 Å². The molecule has 2 heteroatoms. The van der Waals surface area contributed by atoms with Crippen molar-refractivity contribution in [3.8, 4) is 10.4 Å². The molecule has 0 saturated heterocycles. The second-order valence-corrected chi connectivity index (χ2v) is 6.79. The van der Waals surface area contributed by atoms with Crippen LogP contribution in [0.4, 0.5) is 5.69 Å². The highest BCUT2D eigenvalue weighted by molar-refractivity contribution is 7.13. The molecule has 1 saturated carbocycles. The molecule has 1 aliphatic carbocycles. The van der Waals surface area contributed by atoms with Gasteiger partial charge in [0.15, 0.2) is 0 Å². The normalized spacial score (nSPS) is 22.3. The molecule has 1 nitrogen and oxygen atoms in total. The third-order valence-corrected chi connectivity index (χ3v) is 5.09. The predicted molar refractivity (Wildman–Crippen MR) is 84.7 cm³/mol. The lowest BCUT2D eigenvalue weighted by molar-refractivity contribution is 0.212. The van der Waals surface area contributed by atoms with E-state index in [9.17, 15) is 0 Å². The van der Waals surface area contributed by atoms with Gasteiger partial charge in [0.25, 0.3) is 0 Å². The summed E-state index contributed by atoms with van der Waals surface area (Å²) in [6.07, 6.45) is 2.63. The van der Waals surface area contributed by atoms with Crippen LogP contribution in [-0.2, 0) is 0 Å². The Bertz CT molecular complexity index is 524. The average Bonchev–Trinajstić information content (AvgIpc) is 2.87. The van der Waals surface area contributed by atoms with Gasteiger partial charge in [-0.25, -0.2) is 0 Å². The Balaban J connectivity index is 1.72. The molecule has 0 amide bonds. The minimum absolute atomic E-state index is 0.661. The van der Waals surface area contributed by atoms with Crippen LogP contribution in [0.15, 0.2) is 41.8 Å². The van der Waals surface area contributed by atoms with Gasteiger partial charge in [-0.15, -0.1) is 11.3 Å². The van der Waals surface area contributed by atoms with Crippen molar-refractivity contribution in [3.63, 3.8) is 0 Å². The lowest BCUT2D eigenvalue weighted by atomic mass is 9.73. The van der Waals surface area contributed by atoms with Gasteiger partial charge < -0.3 is 5.32 Å². The highest BCUT2D eigenvalue weighted by Gasteiger charge is 2.31. The fourth-order valence-electron chi connectivity index (χ4n) is 2.80. The van der Waals surface area contributed by atoms with E-state index in [4.69, 9.17) is 0 Å². The molecule has 2 aromatic rings. The molecular weight excluding hydrogens is 250 g/mol. The number of para-hydroxylation sites is 1. The van der Waals surface area contributed by atoms with Gasteiger partial charge in [-0.2, -0.15) is 0 Å². The van der Waals surface area contributed by atoms with Gasteiger partial charge in [-0.05, 0) is 42.2 Å². The van der Waals surface area contributed by atoms with Crippen molar-refractivity contribution in [2.75, 3.05) is 5.32 Å². The first-order valence-electron chi connectivity index (χ1n) is 7.13. The first-order valence-corrected chi connectivity index (χ1v) is 8.01. The lowest BCUT2D eigenvalue weighted by Crippen LogP contribution is -2.37. The summed E-state index contributed by atoms with van der Waals surface area (Å²) in [5.74, 6) is 1.73. The van der Waals surface area contributed by atoms with Crippen LogP contribution in [0.5, 0.6) is 0 Å². The molecule has 100 valence electrons. The fourth-order valence-corrected chi connectivity index (χ4v) is 3.57. The number of hydrogen-bond donors (Lipinski definition) is 1. The summed E-state index contributed by atoms with van der Waals surface area (Å²) in [6, 6.07) is 13.6. The van der Waals surface area contributed by atoms with Gasteiger partial charge in [0, 0.05) is 22.2 Å². The first-order chi connectivity index (χ1) is 9.24. The molecule has 3 rings (SSSR count). The number of thiophene rings is 1. The van der Waals surface area contributed by atoms with Crippen molar-refractivity contribution in [2.24, 2.45) is 11.8 Å². The van der Waals surface area contributed by atoms with E-state index in [1.54, 1.807) is 0 Å². The summed E-state index contributed by atoms with van der Waals surface area (Å²) in [7, 11) is 0. The monoisotopic (exact) mass is 271 g/mol. The summed E-state index contributed by atoms with van der Waals surface area (Å²) in [4.78, 5) is 1.35. The van der Waals surface area contributed by atoms with Crippen molar-refractivity contribution in [1.82, 2.24) is 0 Å². The average molecular weight is 271 g/mol. The molecule has 1 aromatic carbocycles. The third-order valence-electron chi connectivity index (χ3n) is 4.19. The maximum Gasteiger partial charge on any atom is 0.0430 e. The minimum atomic E-state index is 0.661. The second kappa shape index (κ2) is 5.38. The van der Waals surface area contributed by atoms with Crippen molar-refractivity contribution in [2.45, 2.75) is 32.7 Å². The van der Waals surface area contributed by atoms with Crippen molar-refractivity contribution < 1.29 is 0 Å². The summed E-state index contributed by atoms with van der Waals surface area (Å²) in [6.45, 7) is 4.67. The molecule has 0 radical (unpaired) electrons. The number of hydrogen-bond acceptors (Lipinski definition) is 2. The maximum absolute atomic E-state index is 3.73. The van der Waals surface area contributed by atoms with E-state index >= 15 is 0 Å². The van der Waals surface area contributed by atoms with Gasteiger partial charge in [-0.3, -0.25) is 0 Å². The molecule has 0 spiro atoms. The molecular formula is C17H21NS. The van der Waals surface area contributed by atoms with Crippen LogP contribution in [0.2, 0.25) is 0 Å². The fraction of sp³-hybridized carbons (Fsp3) is 0.412. The Labute approximate surface area is 119 Å². The molecule has 1 aliphatic rings. The topological polar surface area (TPSA) is 12.0 Å². The van der Waals surface area contributed by atoms with E-state index in [2.05, 4.69) is 60.9 Å². The summed E-state index contributed by atoms with van der Waals surface area (Å²) in [5, 5.41) is 5.87. The zero-order chi connectivity index (χ0) is 13.2. The molecule has 0 atom stereocenters. The Morgan fingerprint density at radius 1 is 1.11 bits per heavy atom. The van der Waals surface area contributed by atoms with E-state index in [-0.39, 0.29) is 0 Å². The van der Waals surface area contributed by atoms with Crippen LogP contribution in [-0.4, -0.2) is 6.04 Å². The highest BCUT2D eigenvalue weighted by Crippen LogP contribution is 2.38. The maximum atomic E-state index is 3.73. The van der Waals surface area contributed by atoms with Crippen LogP contribution in [0.3, 0.4) is 0 Å². The van der Waals surface area contributed by atoms with Crippen LogP contribution in [0, 0.1) is 11.8 Å². The van der Waals surface area contributed by atoms with Crippen LogP contribution >= 0.6 is 11.3 Å². The van der Waals surface area contributed by atoms with Crippen LogP contribution < -0.4 is 5.32 Å². The van der Waals surface area contributed by atoms with E-state index in [0.717, 1.165) is 11.8 Å². The number of nitrogens with one attached hydrogen (secondary N) is 1. The molecule has 1 fully saturated rings. The summed E-state index contributed by atoms with van der Waals surface area (Å²) in [5.41, 5.74) is 2.63. The van der Waals surface area contributed by atoms with Gasteiger partial charge in [0.05, 0.1) is 0 Å². The molecule has 19 heavy (non-hydrogen) atoms. The Hall–Kier alpha value is -1.28. The first kappa shape index (κ1) is 12.7. The van der Waals surface area contributed by atoms with Gasteiger partial charge in [-0.1, -0.05) is 38.1 Å². The quantitative estimate of drug-likeness (QED) is 0.799. The molecule has 0 aliphatic heterocycles. The SMILES string of the molecule is CC(C)C1CC(Nc2ccccc2-c2cccs2)C1. The Morgan fingerprint density at radius 2 is 1.89 bits per heavy atom. The molecule has 0 bridgehead atoms. The van der Waals surface area contributed by atoms with Gasteiger partial charge >= 0.3 is 0 Å². The Morgan fingerprint density at radius 3 is 2.58 bits per heavy atom. The van der Waals surface area contributed by atoms with Gasteiger partial charge in [0.1, 0.15) is 0 Å². The predicted octanol–water partition coefficient (Wildman–Crippen LogP) is 5.26. The summed E-state index contributed by atoms with van der Waals surface area (Å²) >= 11 is 1.81. The van der Waals surface area contributed by atoms with E-state index in [1.807, 2.05) is 11.3 Å². The highest BCUT2D eigenvalue weighted by atomic mass is 32.1. The minimum Gasteiger partial charge on any atom is -0.382 e. The van der Waals surface area contributed by atoms with Crippen molar-refractivity contribution >= 4 is 17.0 Å². The third kappa shape index (κ3) is 2.69. The van der Waals surface area contributed by atoms with E-state index in [1.165, 1.54) is 29.0 Å². The van der Waals surface area contributed by atoms with Crippen LogP contribution in [0.1, 0.15) is 26.7 Å². The molecule has 1 heterocycles. The largest absolute Gasteiger partial charge is 0.382 e. The number of rotatable bonds is 4. The van der Waals surface area contributed by atoms with E-state index < -0.39 is 0 Å². The summed E-state index contributed by atoms with van der Waals surface area (Å²) < 4.78 is 0. The second-order valence-electron chi connectivity index (χ2n) is 5.84.